The number of carbonyl (C=O) groups is 2. The first-order chi connectivity index (χ1) is 15.8. The van der Waals surface area contributed by atoms with Gasteiger partial charge in [0, 0.05) is 12.1 Å². The van der Waals surface area contributed by atoms with E-state index < -0.39 is 47.6 Å². The van der Waals surface area contributed by atoms with Gasteiger partial charge in [-0.2, -0.15) is 13.2 Å². The Morgan fingerprint density at radius 3 is 2.26 bits per heavy atom. The molecule has 0 bridgehead atoms. The van der Waals surface area contributed by atoms with Crippen LogP contribution in [0.2, 0.25) is 0 Å². The third-order valence-corrected chi connectivity index (χ3v) is 5.25. The highest BCUT2D eigenvalue weighted by Gasteiger charge is 2.41. The van der Waals surface area contributed by atoms with Crippen molar-refractivity contribution in [3.05, 3.63) is 65.0 Å². The van der Waals surface area contributed by atoms with Gasteiger partial charge in [-0.25, -0.2) is 4.39 Å². The highest BCUT2D eigenvalue weighted by atomic mass is 19.4. The Balaban J connectivity index is 1.91. The van der Waals surface area contributed by atoms with E-state index in [1.165, 1.54) is 29.2 Å². The van der Waals surface area contributed by atoms with Gasteiger partial charge in [-0.3, -0.25) is 14.5 Å². The zero-order valence-corrected chi connectivity index (χ0v) is 18.9. The van der Waals surface area contributed by atoms with Gasteiger partial charge in [-0.1, -0.05) is 18.1 Å². The summed E-state index contributed by atoms with van der Waals surface area (Å²) in [7, 11) is 0. The third-order valence-electron chi connectivity index (χ3n) is 5.25. The summed E-state index contributed by atoms with van der Waals surface area (Å²) < 4.78 is 59.1. The molecule has 180 valence electrons. The van der Waals surface area contributed by atoms with E-state index in [1.54, 1.807) is 20.8 Å². The fourth-order valence-electron chi connectivity index (χ4n) is 3.49. The molecule has 0 aliphatic carbocycles. The van der Waals surface area contributed by atoms with Gasteiger partial charge in [0.25, 0.3) is 5.91 Å². The van der Waals surface area contributed by atoms with Crippen LogP contribution in [-0.2, 0) is 27.0 Å². The van der Waals surface area contributed by atoms with Crippen LogP contribution in [0.15, 0.2) is 42.5 Å². The highest BCUT2D eigenvalue weighted by Crippen LogP contribution is 2.30. The quantitative estimate of drug-likeness (QED) is 0.475. The number of terminal acetylenes is 1. The average molecular weight is 476 g/mol. The minimum absolute atomic E-state index is 0.0905. The number of rotatable bonds is 5. The zero-order chi connectivity index (χ0) is 25.3. The molecule has 9 heteroatoms. The van der Waals surface area contributed by atoms with Crippen molar-refractivity contribution in [1.29, 1.82) is 0 Å². The van der Waals surface area contributed by atoms with Gasteiger partial charge in [0.05, 0.1) is 23.5 Å². The molecule has 2 aromatic rings. The van der Waals surface area contributed by atoms with Gasteiger partial charge >= 0.3 is 6.18 Å². The van der Waals surface area contributed by atoms with E-state index in [2.05, 4.69) is 5.92 Å². The minimum Gasteiger partial charge on any atom is -0.373 e. The van der Waals surface area contributed by atoms with Crippen molar-refractivity contribution in [2.24, 2.45) is 0 Å². The Hall–Kier alpha value is -3.38. The number of hydrogen-bond acceptors (Lipinski definition) is 3. The largest absolute Gasteiger partial charge is 0.416 e. The van der Waals surface area contributed by atoms with Gasteiger partial charge in [0.1, 0.15) is 18.4 Å². The van der Waals surface area contributed by atoms with Crippen molar-refractivity contribution < 1.29 is 31.9 Å². The second-order valence-electron chi connectivity index (χ2n) is 8.89. The van der Waals surface area contributed by atoms with Crippen LogP contribution in [0.25, 0.3) is 0 Å². The van der Waals surface area contributed by atoms with E-state index >= 15 is 0 Å². The van der Waals surface area contributed by atoms with Gasteiger partial charge < -0.3 is 9.64 Å². The predicted molar refractivity (Wildman–Crippen MR) is 118 cm³/mol. The van der Waals surface area contributed by atoms with Crippen LogP contribution in [0.4, 0.5) is 23.2 Å². The molecule has 0 saturated carbocycles. The molecule has 1 aliphatic heterocycles. The molecule has 0 spiro atoms. The summed E-state index contributed by atoms with van der Waals surface area (Å²) in [6, 6.07) is 7.15. The van der Waals surface area contributed by atoms with Crippen molar-refractivity contribution in [2.75, 3.05) is 18.1 Å². The molecule has 0 N–H and O–H groups in total. The van der Waals surface area contributed by atoms with E-state index in [-0.39, 0.29) is 24.4 Å². The van der Waals surface area contributed by atoms with E-state index in [0.29, 0.717) is 5.56 Å². The standard InChI is InChI=1S/C25H24F4N2O3/c1-5-16-8-11-20(19(26)12-16)31-14-22(32)30(21(23(31)33)15-34-24(2,3)4)13-17-6-9-18(10-7-17)25(27,28)29/h1,6-12,21H,13-15H2,2-4H3/t21-/m1/s1. The van der Waals surface area contributed by atoms with E-state index in [1.807, 2.05) is 0 Å². The zero-order valence-electron chi connectivity index (χ0n) is 18.9. The number of alkyl halides is 3. The molecular weight excluding hydrogens is 452 g/mol. The Kier molecular flexibility index (Phi) is 7.03. The summed E-state index contributed by atoms with van der Waals surface area (Å²) >= 11 is 0. The Bertz CT molecular complexity index is 1110. The molecule has 0 aromatic heterocycles. The summed E-state index contributed by atoms with van der Waals surface area (Å²) in [6.07, 6.45) is 0.799. The van der Waals surface area contributed by atoms with Crippen molar-refractivity contribution in [3.8, 4) is 12.3 Å². The lowest BCUT2D eigenvalue weighted by Gasteiger charge is -2.41. The van der Waals surface area contributed by atoms with Crippen LogP contribution in [0.1, 0.15) is 37.5 Å². The van der Waals surface area contributed by atoms with Crippen LogP contribution in [0.3, 0.4) is 0 Å². The maximum Gasteiger partial charge on any atom is 0.416 e. The van der Waals surface area contributed by atoms with Crippen LogP contribution >= 0.6 is 0 Å². The molecule has 34 heavy (non-hydrogen) atoms. The molecule has 1 fully saturated rings. The Morgan fingerprint density at radius 1 is 1.09 bits per heavy atom. The Morgan fingerprint density at radius 2 is 1.74 bits per heavy atom. The van der Waals surface area contributed by atoms with E-state index in [9.17, 15) is 27.2 Å². The summed E-state index contributed by atoms with van der Waals surface area (Å²) in [5, 5.41) is 0. The summed E-state index contributed by atoms with van der Waals surface area (Å²) in [6.45, 7) is 4.62. The number of amides is 2. The molecular formula is C25H24F4N2O3. The number of anilines is 1. The second kappa shape index (κ2) is 9.47. The first-order valence-electron chi connectivity index (χ1n) is 10.5. The van der Waals surface area contributed by atoms with Crippen LogP contribution in [0, 0.1) is 18.2 Å². The van der Waals surface area contributed by atoms with Gasteiger partial charge in [0.2, 0.25) is 5.91 Å². The number of ether oxygens (including phenoxy) is 1. The fourth-order valence-corrected chi connectivity index (χ4v) is 3.49. The average Bonchev–Trinajstić information content (AvgIpc) is 2.75. The summed E-state index contributed by atoms with van der Waals surface area (Å²) in [4.78, 5) is 28.7. The Labute approximate surface area is 195 Å². The summed E-state index contributed by atoms with van der Waals surface area (Å²) in [5.74, 6) is 0.491. The number of benzene rings is 2. The van der Waals surface area contributed by atoms with Crippen LogP contribution < -0.4 is 4.90 Å². The lowest BCUT2D eigenvalue weighted by molar-refractivity contribution is -0.148. The molecule has 2 aromatic carbocycles. The molecule has 1 aliphatic rings. The molecule has 0 radical (unpaired) electrons. The smallest absolute Gasteiger partial charge is 0.373 e. The molecule has 5 nitrogen and oxygen atoms in total. The van der Waals surface area contributed by atoms with Gasteiger partial charge in [-0.15, -0.1) is 6.42 Å². The maximum absolute atomic E-state index is 14.7. The lowest BCUT2D eigenvalue weighted by atomic mass is 10.1. The van der Waals surface area contributed by atoms with Crippen molar-refractivity contribution >= 4 is 17.5 Å². The number of nitrogens with zero attached hydrogens (tertiary/aromatic N) is 2. The molecule has 3 rings (SSSR count). The van der Waals surface area contributed by atoms with Crippen LogP contribution in [0.5, 0.6) is 0 Å². The number of halogens is 4. The maximum atomic E-state index is 14.7. The topological polar surface area (TPSA) is 49.9 Å². The van der Waals surface area contributed by atoms with E-state index in [0.717, 1.165) is 23.1 Å². The minimum atomic E-state index is -4.49. The van der Waals surface area contributed by atoms with E-state index in [4.69, 9.17) is 11.2 Å². The number of hydrogen-bond donors (Lipinski definition) is 0. The molecule has 0 unspecified atom stereocenters. The van der Waals surface area contributed by atoms with Crippen molar-refractivity contribution in [3.63, 3.8) is 0 Å². The SMILES string of the molecule is C#Cc1ccc(N2CC(=O)N(Cc3ccc(C(F)(F)F)cc3)[C@H](COC(C)(C)C)C2=O)c(F)c1. The summed E-state index contributed by atoms with van der Waals surface area (Å²) in [5.41, 5.74) is -0.846. The van der Waals surface area contributed by atoms with Gasteiger partial charge in [0.15, 0.2) is 0 Å². The monoisotopic (exact) mass is 476 g/mol. The van der Waals surface area contributed by atoms with Crippen molar-refractivity contribution in [1.82, 2.24) is 4.90 Å². The van der Waals surface area contributed by atoms with Crippen LogP contribution in [-0.4, -0.2) is 41.5 Å². The molecule has 2 amide bonds. The molecule has 1 atom stereocenters. The normalized spacial score (nSPS) is 17.2. The predicted octanol–water partition coefficient (Wildman–Crippen LogP) is 4.38. The molecule has 1 heterocycles. The number of piperazine rings is 1. The first-order valence-corrected chi connectivity index (χ1v) is 10.5. The van der Waals surface area contributed by atoms with Crippen molar-refractivity contribution in [2.45, 2.75) is 45.1 Å². The second-order valence-corrected chi connectivity index (χ2v) is 8.89. The highest BCUT2D eigenvalue weighted by molar-refractivity contribution is 6.06. The van der Waals surface area contributed by atoms with Gasteiger partial charge in [-0.05, 0) is 56.7 Å². The lowest BCUT2D eigenvalue weighted by Crippen LogP contribution is -2.61. The first kappa shape index (κ1) is 25.2. The fraction of sp³-hybridized carbons (Fsp3) is 0.360. The third kappa shape index (κ3) is 5.75. The molecule has 1 saturated heterocycles. The number of carbonyl (C=O) groups excluding carboxylic acids is 2.